The smallest absolute Gasteiger partial charge is 0.242 e. The molecule has 2 heterocycles. The van der Waals surface area contributed by atoms with E-state index in [9.17, 15) is 4.79 Å². The van der Waals surface area contributed by atoms with Crippen LogP contribution in [0.3, 0.4) is 0 Å². The highest BCUT2D eigenvalue weighted by Gasteiger charge is 2.21. The fourth-order valence-electron chi connectivity index (χ4n) is 1.44. The molecule has 14 heavy (non-hydrogen) atoms. The lowest BCUT2D eigenvalue weighted by Gasteiger charge is -2.22. The van der Waals surface area contributed by atoms with Gasteiger partial charge in [0.2, 0.25) is 11.9 Å². The van der Waals surface area contributed by atoms with Crippen molar-refractivity contribution in [1.82, 2.24) is 15.3 Å². The molecule has 1 amide bonds. The van der Waals surface area contributed by atoms with Crippen LogP contribution in [-0.4, -0.2) is 28.5 Å². The summed E-state index contributed by atoms with van der Waals surface area (Å²) in [6.45, 7) is 0.770. The highest BCUT2D eigenvalue weighted by molar-refractivity contribution is 5.84. The maximum Gasteiger partial charge on any atom is 0.242 e. The van der Waals surface area contributed by atoms with E-state index in [0.29, 0.717) is 5.95 Å². The van der Waals surface area contributed by atoms with E-state index in [1.807, 2.05) is 0 Å². The molecule has 1 aliphatic heterocycles. The van der Waals surface area contributed by atoms with Crippen molar-refractivity contribution in [3.8, 4) is 0 Å². The van der Waals surface area contributed by atoms with Crippen molar-refractivity contribution < 1.29 is 4.79 Å². The first-order chi connectivity index (χ1) is 6.86. The van der Waals surface area contributed by atoms with Gasteiger partial charge in [-0.1, -0.05) is 0 Å². The number of anilines is 1. The second kappa shape index (κ2) is 4.04. The standard InChI is InChI=1S/C9H12N4O/c14-8-7(3-1-4-10-8)13-9-11-5-2-6-12-9/h2,5-7H,1,3-4H2,(H,10,14)(H,11,12,13). The lowest BCUT2D eigenvalue weighted by Crippen LogP contribution is -2.44. The van der Waals surface area contributed by atoms with Crippen molar-refractivity contribution in [3.63, 3.8) is 0 Å². The number of carbonyl (C=O) groups excluding carboxylic acids is 1. The third-order valence-corrected chi connectivity index (χ3v) is 2.15. The van der Waals surface area contributed by atoms with Crippen LogP contribution in [-0.2, 0) is 4.79 Å². The van der Waals surface area contributed by atoms with E-state index in [-0.39, 0.29) is 11.9 Å². The first kappa shape index (κ1) is 8.93. The van der Waals surface area contributed by atoms with E-state index in [4.69, 9.17) is 0 Å². The van der Waals surface area contributed by atoms with Crippen LogP contribution in [0.15, 0.2) is 18.5 Å². The summed E-state index contributed by atoms with van der Waals surface area (Å²) in [7, 11) is 0. The Balaban J connectivity index is 2.00. The van der Waals surface area contributed by atoms with Crippen molar-refractivity contribution in [1.29, 1.82) is 0 Å². The van der Waals surface area contributed by atoms with Crippen LogP contribution in [0.2, 0.25) is 0 Å². The Labute approximate surface area is 82.0 Å². The van der Waals surface area contributed by atoms with Crippen molar-refractivity contribution in [2.75, 3.05) is 11.9 Å². The van der Waals surface area contributed by atoms with Gasteiger partial charge in [0, 0.05) is 18.9 Å². The topological polar surface area (TPSA) is 66.9 Å². The largest absolute Gasteiger partial charge is 0.354 e. The van der Waals surface area contributed by atoms with Crippen LogP contribution in [0.4, 0.5) is 5.95 Å². The van der Waals surface area contributed by atoms with Crippen molar-refractivity contribution in [3.05, 3.63) is 18.5 Å². The lowest BCUT2D eigenvalue weighted by molar-refractivity contribution is -0.123. The molecule has 5 nitrogen and oxygen atoms in total. The van der Waals surface area contributed by atoms with E-state index < -0.39 is 0 Å². The van der Waals surface area contributed by atoms with Gasteiger partial charge in [-0.15, -0.1) is 0 Å². The molecule has 0 aliphatic carbocycles. The molecule has 0 spiro atoms. The molecule has 2 N–H and O–H groups in total. The van der Waals surface area contributed by atoms with Crippen LogP contribution in [0.25, 0.3) is 0 Å². The van der Waals surface area contributed by atoms with Crippen molar-refractivity contribution >= 4 is 11.9 Å². The molecule has 1 aromatic heterocycles. The summed E-state index contributed by atoms with van der Waals surface area (Å²) in [5.74, 6) is 0.540. The number of carbonyl (C=O) groups is 1. The van der Waals surface area contributed by atoms with Crippen LogP contribution in [0, 0.1) is 0 Å². The third-order valence-electron chi connectivity index (χ3n) is 2.15. The van der Waals surface area contributed by atoms with Crippen LogP contribution >= 0.6 is 0 Å². The zero-order chi connectivity index (χ0) is 9.80. The van der Waals surface area contributed by atoms with Gasteiger partial charge in [0.1, 0.15) is 6.04 Å². The minimum Gasteiger partial charge on any atom is -0.354 e. The second-order valence-electron chi connectivity index (χ2n) is 3.20. The predicted molar refractivity (Wildman–Crippen MR) is 51.7 cm³/mol. The zero-order valence-corrected chi connectivity index (χ0v) is 7.73. The van der Waals surface area contributed by atoms with Crippen LogP contribution < -0.4 is 10.6 Å². The predicted octanol–water partition coefficient (Wildman–Crippen LogP) is 0.167. The Hall–Kier alpha value is -1.65. The van der Waals surface area contributed by atoms with Crippen LogP contribution in [0.1, 0.15) is 12.8 Å². The Morgan fingerprint density at radius 1 is 1.43 bits per heavy atom. The van der Waals surface area contributed by atoms with Gasteiger partial charge < -0.3 is 10.6 Å². The molecule has 0 saturated carbocycles. The van der Waals surface area contributed by atoms with E-state index in [2.05, 4.69) is 20.6 Å². The van der Waals surface area contributed by atoms with Gasteiger partial charge in [-0.05, 0) is 18.9 Å². The molecule has 74 valence electrons. The summed E-state index contributed by atoms with van der Waals surface area (Å²) < 4.78 is 0. The van der Waals surface area contributed by atoms with E-state index in [0.717, 1.165) is 19.4 Å². The Kier molecular flexibility index (Phi) is 2.58. The maximum absolute atomic E-state index is 11.4. The molecule has 5 heteroatoms. The third kappa shape index (κ3) is 1.99. The highest BCUT2D eigenvalue weighted by atomic mass is 16.2. The Morgan fingerprint density at radius 3 is 2.93 bits per heavy atom. The fraction of sp³-hybridized carbons (Fsp3) is 0.444. The molecule has 1 fully saturated rings. The number of piperidine rings is 1. The average Bonchev–Trinajstić information content (AvgIpc) is 2.23. The number of nitrogens with zero attached hydrogens (tertiary/aromatic N) is 2. The minimum atomic E-state index is -0.189. The highest BCUT2D eigenvalue weighted by Crippen LogP contribution is 2.07. The van der Waals surface area contributed by atoms with Gasteiger partial charge in [-0.25, -0.2) is 9.97 Å². The molecule has 2 rings (SSSR count). The molecular formula is C9H12N4O. The number of nitrogens with one attached hydrogen (secondary N) is 2. The summed E-state index contributed by atoms with van der Waals surface area (Å²) in [5, 5.41) is 5.79. The molecule has 1 unspecified atom stereocenters. The van der Waals surface area contributed by atoms with E-state index in [1.165, 1.54) is 0 Å². The average molecular weight is 192 g/mol. The summed E-state index contributed by atoms with van der Waals surface area (Å²) in [6.07, 6.45) is 5.13. The minimum absolute atomic E-state index is 0.0312. The molecule has 1 saturated heterocycles. The number of aromatic nitrogens is 2. The quantitative estimate of drug-likeness (QED) is 0.700. The number of hydrogen-bond donors (Lipinski definition) is 2. The van der Waals surface area contributed by atoms with Crippen molar-refractivity contribution in [2.45, 2.75) is 18.9 Å². The SMILES string of the molecule is O=C1NCCCC1Nc1ncccn1. The normalized spacial score (nSPS) is 21.4. The van der Waals surface area contributed by atoms with Gasteiger partial charge >= 0.3 is 0 Å². The summed E-state index contributed by atoms with van der Waals surface area (Å²) >= 11 is 0. The van der Waals surface area contributed by atoms with Crippen LogP contribution in [0.5, 0.6) is 0 Å². The summed E-state index contributed by atoms with van der Waals surface area (Å²) in [6, 6.07) is 1.55. The van der Waals surface area contributed by atoms with Gasteiger partial charge in [0.25, 0.3) is 0 Å². The molecule has 1 atom stereocenters. The Bertz CT molecular complexity index is 314. The maximum atomic E-state index is 11.4. The van der Waals surface area contributed by atoms with Gasteiger partial charge in [-0.3, -0.25) is 4.79 Å². The number of hydrogen-bond acceptors (Lipinski definition) is 4. The van der Waals surface area contributed by atoms with E-state index in [1.54, 1.807) is 18.5 Å². The fourth-order valence-corrected chi connectivity index (χ4v) is 1.44. The molecular weight excluding hydrogens is 180 g/mol. The zero-order valence-electron chi connectivity index (χ0n) is 7.73. The number of rotatable bonds is 2. The van der Waals surface area contributed by atoms with Gasteiger partial charge in [0.05, 0.1) is 0 Å². The van der Waals surface area contributed by atoms with E-state index >= 15 is 0 Å². The van der Waals surface area contributed by atoms with Gasteiger partial charge in [0.15, 0.2) is 0 Å². The first-order valence-electron chi connectivity index (χ1n) is 4.67. The molecule has 1 aliphatic rings. The van der Waals surface area contributed by atoms with Crippen molar-refractivity contribution in [2.24, 2.45) is 0 Å². The monoisotopic (exact) mass is 192 g/mol. The molecule has 0 bridgehead atoms. The lowest BCUT2D eigenvalue weighted by atomic mass is 10.1. The Morgan fingerprint density at radius 2 is 2.21 bits per heavy atom. The second-order valence-corrected chi connectivity index (χ2v) is 3.20. The number of amides is 1. The van der Waals surface area contributed by atoms with Gasteiger partial charge in [-0.2, -0.15) is 0 Å². The first-order valence-corrected chi connectivity index (χ1v) is 4.67. The molecule has 1 aromatic rings. The summed E-state index contributed by atoms with van der Waals surface area (Å²) in [5.41, 5.74) is 0. The molecule has 0 radical (unpaired) electrons. The summed E-state index contributed by atoms with van der Waals surface area (Å²) in [4.78, 5) is 19.4. The molecule has 0 aromatic carbocycles.